The molecule has 1 aromatic heterocycles. The van der Waals surface area contributed by atoms with Gasteiger partial charge in [-0.1, -0.05) is 0 Å². The summed E-state index contributed by atoms with van der Waals surface area (Å²) in [6.45, 7) is 2.53. The van der Waals surface area contributed by atoms with Crippen molar-refractivity contribution in [3.8, 4) is 17.1 Å². The summed E-state index contributed by atoms with van der Waals surface area (Å²) in [6, 6.07) is 15.4. The molecule has 1 heterocycles. The van der Waals surface area contributed by atoms with Crippen molar-refractivity contribution in [1.82, 2.24) is 9.97 Å². The van der Waals surface area contributed by atoms with Gasteiger partial charge in [0.2, 0.25) is 0 Å². The molecule has 0 aliphatic heterocycles. The lowest BCUT2D eigenvalue weighted by atomic mass is 10.2. The molecule has 0 unspecified atom stereocenters. The van der Waals surface area contributed by atoms with E-state index >= 15 is 0 Å². The highest BCUT2D eigenvalue weighted by Gasteiger charge is 2.07. The zero-order chi connectivity index (χ0) is 18.5. The van der Waals surface area contributed by atoms with Crippen molar-refractivity contribution in [3.63, 3.8) is 0 Å². The first-order chi connectivity index (χ1) is 12.5. The number of carboxylic acid groups (broad SMARTS) is 1. The molecule has 0 aliphatic carbocycles. The van der Waals surface area contributed by atoms with Crippen LogP contribution >= 0.6 is 0 Å². The predicted octanol–water partition coefficient (Wildman–Crippen LogP) is 3.57. The molecule has 0 bridgehead atoms. The Bertz CT molecular complexity index is 909. The summed E-state index contributed by atoms with van der Waals surface area (Å²) in [6.07, 6.45) is 0. The van der Waals surface area contributed by atoms with Gasteiger partial charge in [-0.05, 0) is 55.5 Å². The van der Waals surface area contributed by atoms with Crippen molar-refractivity contribution in [2.24, 2.45) is 0 Å². The maximum Gasteiger partial charge on any atom is 0.335 e. The van der Waals surface area contributed by atoms with Crippen LogP contribution < -0.4 is 15.8 Å². The fourth-order valence-electron chi connectivity index (χ4n) is 2.37. The van der Waals surface area contributed by atoms with Crippen LogP contribution in [0.4, 0.5) is 17.3 Å². The van der Waals surface area contributed by atoms with Crippen LogP contribution in [0.3, 0.4) is 0 Å². The fraction of sp³-hybridized carbons (Fsp3) is 0.105. The van der Waals surface area contributed by atoms with E-state index in [-0.39, 0.29) is 5.56 Å². The number of hydrogen-bond donors (Lipinski definition) is 3. The van der Waals surface area contributed by atoms with Gasteiger partial charge in [0.05, 0.1) is 12.2 Å². The normalized spacial score (nSPS) is 10.3. The van der Waals surface area contributed by atoms with E-state index in [0.717, 1.165) is 11.3 Å². The van der Waals surface area contributed by atoms with Crippen LogP contribution in [0.1, 0.15) is 17.3 Å². The molecule has 0 fully saturated rings. The number of carboxylic acids is 1. The largest absolute Gasteiger partial charge is 0.494 e. The third-order valence-electron chi connectivity index (χ3n) is 3.57. The topological polar surface area (TPSA) is 110 Å². The molecule has 0 aliphatic rings. The Labute approximate surface area is 150 Å². The Balaban J connectivity index is 1.84. The van der Waals surface area contributed by atoms with E-state index in [1.54, 1.807) is 18.2 Å². The summed E-state index contributed by atoms with van der Waals surface area (Å²) >= 11 is 0. The molecule has 26 heavy (non-hydrogen) atoms. The summed E-state index contributed by atoms with van der Waals surface area (Å²) < 4.78 is 5.43. The minimum atomic E-state index is -0.972. The Morgan fingerprint density at radius 3 is 2.42 bits per heavy atom. The number of nitrogens with two attached hydrogens (primary N) is 1. The number of nitrogens with zero attached hydrogens (tertiary/aromatic N) is 2. The minimum Gasteiger partial charge on any atom is -0.494 e. The van der Waals surface area contributed by atoms with Gasteiger partial charge in [0.15, 0.2) is 5.82 Å². The SMILES string of the molecule is CCOc1ccc(-c2nc(N)cc(Nc3ccc(C(=O)O)cc3)n2)cc1. The van der Waals surface area contributed by atoms with E-state index in [9.17, 15) is 4.79 Å². The number of nitrogen functional groups attached to an aromatic ring is 1. The zero-order valence-corrected chi connectivity index (χ0v) is 14.1. The maximum atomic E-state index is 10.9. The standard InChI is InChI=1S/C19H18N4O3/c1-2-26-15-9-5-12(6-10-15)18-22-16(20)11-17(23-18)21-14-7-3-13(4-8-14)19(24)25/h3-11H,2H2,1H3,(H,24,25)(H3,20,21,22,23). The van der Waals surface area contributed by atoms with Crippen LogP contribution in [0.25, 0.3) is 11.4 Å². The molecule has 0 amide bonds. The average Bonchev–Trinajstić information content (AvgIpc) is 2.62. The summed E-state index contributed by atoms with van der Waals surface area (Å²) in [5, 5.41) is 12.1. The van der Waals surface area contributed by atoms with E-state index in [0.29, 0.717) is 29.8 Å². The molecule has 3 aromatic rings. The third kappa shape index (κ3) is 4.07. The molecule has 7 nitrogen and oxygen atoms in total. The number of carbonyl (C=O) groups is 1. The molecule has 3 rings (SSSR count). The van der Waals surface area contributed by atoms with Crippen molar-refractivity contribution in [1.29, 1.82) is 0 Å². The first-order valence-corrected chi connectivity index (χ1v) is 8.03. The number of benzene rings is 2. The highest BCUT2D eigenvalue weighted by atomic mass is 16.5. The van der Waals surface area contributed by atoms with Gasteiger partial charge in [-0.3, -0.25) is 0 Å². The lowest BCUT2D eigenvalue weighted by molar-refractivity contribution is 0.0697. The van der Waals surface area contributed by atoms with Gasteiger partial charge in [0.25, 0.3) is 0 Å². The molecule has 0 saturated heterocycles. The third-order valence-corrected chi connectivity index (χ3v) is 3.57. The van der Waals surface area contributed by atoms with E-state index in [1.165, 1.54) is 12.1 Å². The van der Waals surface area contributed by atoms with Gasteiger partial charge in [0, 0.05) is 17.3 Å². The van der Waals surface area contributed by atoms with E-state index < -0.39 is 5.97 Å². The number of hydrogen-bond acceptors (Lipinski definition) is 6. The van der Waals surface area contributed by atoms with Crippen molar-refractivity contribution in [2.75, 3.05) is 17.7 Å². The van der Waals surface area contributed by atoms with Crippen molar-refractivity contribution in [3.05, 3.63) is 60.2 Å². The molecule has 7 heteroatoms. The van der Waals surface area contributed by atoms with Crippen molar-refractivity contribution >= 4 is 23.3 Å². The van der Waals surface area contributed by atoms with Crippen LogP contribution in [0.15, 0.2) is 54.6 Å². The predicted molar refractivity (Wildman–Crippen MR) is 99.7 cm³/mol. The second-order valence-corrected chi connectivity index (χ2v) is 5.47. The minimum absolute atomic E-state index is 0.216. The quantitative estimate of drug-likeness (QED) is 0.623. The number of anilines is 3. The molecule has 0 atom stereocenters. The monoisotopic (exact) mass is 350 g/mol. The second-order valence-electron chi connectivity index (χ2n) is 5.47. The average molecular weight is 350 g/mol. The Morgan fingerprint density at radius 2 is 1.81 bits per heavy atom. The van der Waals surface area contributed by atoms with Crippen molar-refractivity contribution in [2.45, 2.75) is 6.92 Å². The number of rotatable bonds is 6. The fourth-order valence-corrected chi connectivity index (χ4v) is 2.37. The van der Waals surface area contributed by atoms with E-state index in [4.69, 9.17) is 15.6 Å². The highest BCUT2D eigenvalue weighted by Crippen LogP contribution is 2.23. The highest BCUT2D eigenvalue weighted by molar-refractivity contribution is 5.88. The molecule has 4 N–H and O–H groups in total. The number of nitrogens with one attached hydrogen (secondary N) is 1. The van der Waals surface area contributed by atoms with Crippen LogP contribution in [-0.2, 0) is 0 Å². The van der Waals surface area contributed by atoms with Crippen molar-refractivity contribution < 1.29 is 14.6 Å². The number of aromatic carboxylic acids is 1. The zero-order valence-electron chi connectivity index (χ0n) is 14.1. The van der Waals surface area contributed by atoms with Gasteiger partial charge < -0.3 is 20.9 Å². The van der Waals surface area contributed by atoms with Gasteiger partial charge in [0.1, 0.15) is 17.4 Å². The summed E-state index contributed by atoms with van der Waals surface area (Å²) in [7, 11) is 0. The molecule has 0 spiro atoms. The summed E-state index contributed by atoms with van der Waals surface area (Å²) in [5.74, 6) is 1.13. The Morgan fingerprint density at radius 1 is 1.12 bits per heavy atom. The molecule has 0 saturated carbocycles. The second kappa shape index (κ2) is 7.52. The Kier molecular flexibility index (Phi) is 4.98. The molecular weight excluding hydrogens is 332 g/mol. The number of ether oxygens (including phenoxy) is 1. The Hall–Kier alpha value is -3.61. The van der Waals surface area contributed by atoms with E-state index in [1.807, 2.05) is 31.2 Å². The lowest BCUT2D eigenvalue weighted by Gasteiger charge is -2.09. The molecule has 0 radical (unpaired) electrons. The lowest BCUT2D eigenvalue weighted by Crippen LogP contribution is -2.02. The smallest absolute Gasteiger partial charge is 0.335 e. The van der Waals surface area contributed by atoms with Gasteiger partial charge in [-0.15, -0.1) is 0 Å². The van der Waals surface area contributed by atoms with E-state index in [2.05, 4.69) is 15.3 Å². The van der Waals surface area contributed by atoms with Gasteiger partial charge in [-0.25, -0.2) is 14.8 Å². The first-order valence-electron chi connectivity index (χ1n) is 8.03. The van der Waals surface area contributed by atoms with Crippen LogP contribution in [0, 0.1) is 0 Å². The van der Waals surface area contributed by atoms with Gasteiger partial charge in [-0.2, -0.15) is 0 Å². The molecular formula is C19H18N4O3. The van der Waals surface area contributed by atoms with Crippen LogP contribution in [0.5, 0.6) is 5.75 Å². The van der Waals surface area contributed by atoms with Crippen LogP contribution in [-0.4, -0.2) is 27.7 Å². The molecule has 132 valence electrons. The van der Waals surface area contributed by atoms with Gasteiger partial charge >= 0.3 is 5.97 Å². The summed E-state index contributed by atoms with van der Waals surface area (Å²) in [4.78, 5) is 19.7. The maximum absolute atomic E-state index is 10.9. The first kappa shape index (κ1) is 17.2. The summed E-state index contributed by atoms with van der Waals surface area (Å²) in [5.41, 5.74) is 7.62. The molecule has 2 aromatic carbocycles. The number of aromatic nitrogens is 2. The van der Waals surface area contributed by atoms with Crippen LogP contribution in [0.2, 0.25) is 0 Å².